The van der Waals surface area contributed by atoms with Crippen molar-refractivity contribution in [3.8, 4) is 5.00 Å². The summed E-state index contributed by atoms with van der Waals surface area (Å²) in [7, 11) is 0. The fourth-order valence-electron chi connectivity index (χ4n) is 4.47. The molecule has 7 nitrogen and oxygen atoms in total. The van der Waals surface area contributed by atoms with Crippen molar-refractivity contribution in [1.29, 1.82) is 0 Å². The number of hydrogen-bond acceptors (Lipinski definition) is 5. The monoisotopic (exact) mass is 424 g/mol. The van der Waals surface area contributed by atoms with Gasteiger partial charge in [0, 0.05) is 19.5 Å². The summed E-state index contributed by atoms with van der Waals surface area (Å²) in [6.07, 6.45) is 2.89. The highest BCUT2D eigenvalue weighted by Crippen LogP contribution is 2.30. The molecule has 0 radical (unpaired) electrons. The molecular weight excluding hydrogens is 400 g/mol. The second kappa shape index (κ2) is 8.20. The summed E-state index contributed by atoms with van der Waals surface area (Å²) in [6, 6.07) is 11.9. The van der Waals surface area contributed by atoms with E-state index in [2.05, 4.69) is 16.3 Å². The predicted molar refractivity (Wildman–Crippen MR) is 114 cm³/mol. The third-order valence-electron chi connectivity index (χ3n) is 6.08. The van der Waals surface area contributed by atoms with Crippen molar-refractivity contribution in [1.82, 2.24) is 19.7 Å². The van der Waals surface area contributed by atoms with Crippen molar-refractivity contribution in [2.75, 3.05) is 19.7 Å². The summed E-state index contributed by atoms with van der Waals surface area (Å²) in [6.45, 7) is 2.00. The molecule has 0 bridgehead atoms. The molecule has 2 aliphatic rings. The number of nitrogens with one attached hydrogen (secondary N) is 1. The second-order valence-corrected chi connectivity index (χ2v) is 8.83. The van der Waals surface area contributed by atoms with Crippen LogP contribution in [0.25, 0.3) is 5.00 Å². The van der Waals surface area contributed by atoms with E-state index in [4.69, 9.17) is 4.74 Å². The summed E-state index contributed by atoms with van der Waals surface area (Å²) >= 11 is 1.52. The highest BCUT2D eigenvalue weighted by molar-refractivity contribution is 7.12. The van der Waals surface area contributed by atoms with Crippen LogP contribution in [-0.2, 0) is 22.4 Å². The van der Waals surface area contributed by atoms with Crippen LogP contribution in [0, 0.1) is 5.92 Å². The number of likely N-dealkylation sites (tertiary alicyclic amines) is 1. The van der Waals surface area contributed by atoms with Gasteiger partial charge in [0.25, 0.3) is 5.91 Å². The molecular formula is C22H24N4O3S. The Morgan fingerprint density at radius 1 is 1.20 bits per heavy atom. The van der Waals surface area contributed by atoms with Gasteiger partial charge in [0.15, 0.2) is 6.10 Å². The normalized spacial score (nSPS) is 19.6. The van der Waals surface area contributed by atoms with Gasteiger partial charge in [-0.05, 0) is 53.8 Å². The van der Waals surface area contributed by atoms with E-state index in [0.29, 0.717) is 25.6 Å². The molecule has 2 aliphatic heterocycles. The topological polar surface area (TPSA) is 80.2 Å². The maximum atomic E-state index is 13.1. The van der Waals surface area contributed by atoms with Crippen LogP contribution in [0.4, 0.5) is 0 Å². The van der Waals surface area contributed by atoms with Gasteiger partial charge in [0.05, 0.1) is 6.61 Å². The van der Waals surface area contributed by atoms with Crippen LogP contribution >= 0.6 is 11.3 Å². The summed E-state index contributed by atoms with van der Waals surface area (Å²) in [4.78, 5) is 27.2. The number of H-pyrrole nitrogens is 1. The lowest BCUT2D eigenvalue weighted by atomic mass is 9.91. The van der Waals surface area contributed by atoms with Gasteiger partial charge in [-0.2, -0.15) is 5.10 Å². The number of piperidine rings is 1. The van der Waals surface area contributed by atoms with E-state index in [1.165, 1.54) is 16.9 Å². The Labute approximate surface area is 178 Å². The minimum Gasteiger partial charge on any atom is -0.363 e. The minimum absolute atomic E-state index is 0.0656. The van der Waals surface area contributed by atoms with Crippen LogP contribution in [0.5, 0.6) is 0 Å². The van der Waals surface area contributed by atoms with E-state index < -0.39 is 6.10 Å². The van der Waals surface area contributed by atoms with Crippen molar-refractivity contribution in [3.05, 3.63) is 69.2 Å². The number of aromatic amines is 1. The Hall–Kier alpha value is -2.71. The Kier molecular flexibility index (Phi) is 5.26. The molecule has 30 heavy (non-hydrogen) atoms. The first-order valence-corrected chi connectivity index (χ1v) is 11.3. The fourth-order valence-corrected chi connectivity index (χ4v) is 5.22. The minimum atomic E-state index is -0.484. The Morgan fingerprint density at radius 3 is 2.83 bits per heavy atom. The van der Waals surface area contributed by atoms with Crippen LogP contribution < -0.4 is 5.69 Å². The molecule has 1 fully saturated rings. The lowest BCUT2D eigenvalue weighted by molar-refractivity contribution is -0.146. The number of amides is 1. The Balaban J connectivity index is 1.24. The Morgan fingerprint density at radius 2 is 2.03 bits per heavy atom. The number of thiophene rings is 1. The number of nitrogens with zero attached hydrogens (tertiary/aromatic N) is 3. The average Bonchev–Trinajstić information content (AvgIpc) is 3.43. The number of aromatic nitrogens is 3. The number of rotatable bonds is 4. The van der Waals surface area contributed by atoms with E-state index >= 15 is 0 Å². The number of carbonyl (C=O) groups is 1. The molecule has 4 heterocycles. The zero-order valence-electron chi connectivity index (χ0n) is 16.6. The van der Waals surface area contributed by atoms with Gasteiger partial charge >= 0.3 is 5.69 Å². The van der Waals surface area contributed by atoms with Crippen LogP contribution in [0.3, 0.4) is 0 Å². The quantitative estimate of drug-likeness (QED) is 0.698. The van der Waals surface area contributed by atoms with Crippen molar-refractivity contribution in [2.24, 2.45) is 5.92 Å². The molecule has 1 atom stereocenters. The van der Waals surface area contributed by atoms with Gasteiger partial charge in [-0.1, -0.05) is 24.3 Å². The third-order valence-corrected chi connectivity index (χ3v) is 6.94. The zero-order chi connectivity index (χ0) is 20.5. The van der Waals surface area contributed by atoms with Gasteiger partial charge in [0.2, 0.25) is 0 Å². The van der Waals surface area contributed by atoms with E-state index in [0.717, 1.165) is 42.1 Å². The van der Waals surface area contributed by atoms with Gasteiger partial charge < -0.3 is 9.64 Å². The SMILES string of the molecule is O=C(C1OCCc2ccccc21)N1CCC(Cc2n[nH]c(=O)n2-c2cccs2)CC1. The third kappa shape index (κ3) is 3.61. The number of benzene rings is 1. The predicted octanol–water partition coefficient (Wildman–Crippen LogP) is 2.72. The molecule has 0 saturated carbocycles. The van der Waals surface area contributed by atoms with Crippen LogP contribution in [-0.4, -0.2) is 45.3 Å². The smallest absolute Gasteiger partial charge is 0.348 e. The number of ether oxygens (including phenoxy) is 1. The summed E-state index contributed by atoms with van der Waals surface area (Å²) in [5, 5.41) is 9.66. The molecule has 1 unspecified atom stereocenters. The average molecular weight is 425 g/mol. The molecule has 1 aromatic carbocycles. The standard InChI is InChI=1S/C22H24N4O3S/c27-21(20-17-5-2-1-4-16(17)9-12-29-20)25-10-7-15(8-11-25)14-18-23-24-22(28)26(18)19-6-3-13-30-19/h1-6,13,15,20H,7-12,14H2,(H,24,28). The van der Waals surface area contributed by atoms with Crippen molar-refractivity contribution < 1.29 is 9.53 Å². The lowest BCUT2D eigenvalue weighted by Gasteiger charge is -2.35. The zero-order valence-corrected chi connectivity index (χ0v) is 17.4. The van der Waals surface area contributed by atoms with E-state index in [1.807, 2.05) is 40.6 Å². The van der Waals surface area contributed by atoms with E-state index in [9.17, 15) is 9.59 Å². The molecule has 1 N–H and O–H groups in total. The molecule has 1 amide bonds. The van der Waals surface area contributed by atoms with Gasteiger partial charge in [-0.15, -0.1) is 11.3 Å². The van der Waals surface area contributed by atoms with Gasteiger partial charge in [-0.25, -0.2) is 14.5 Å². The Bertz CT molecular complexity index is 1080. The highest BCUT2D eigenvalue weighted by atomic mass is 32.1. The summed E-state index contributed by atoms with van der Waals surface area (Å²) < 4.78 is 7.52. The lowest BCUT2D eigenvalue weighted by Crippen LogP contribution is -2.43. The number of carbonyl (C=O) groups excluding carboxylic acids is 1. The molecule has 3 aromatic rings. The van der Waals surface area contributed by atoms with Crippen LogP contribution in [0.2, 0.25) is 0 Å². The maximum absolute atomic E-state index is 13.1. The summed E-state index contributed by atoms with van der Waals surface area (Å²) in [5.41, 5.74) is 2.02. The highest BCUT2D eigenvalue weighted by Gasteiger charge is 2.33. The molecule has 1 saturated heterocycles. The van der Waals surface area contributed by atoms with Crippen LogP contribution in [0.15, 0.2) is 46.6 Å². The van der Waals surface area contributed by atoms with Crippen molar-refractivity contribution in [2.45, 2.75) is 31.8 Å². The summed E-state index contributed by atoms with van der Waals surface area (Å²) in [5.74, 6) is 1.22. The first-order valence-electron chi connectivity index (χ1n) is 10.4. The molecule has 2 aromatic heterocycles. The van der Waals surface area contributed by atoms with Crippen molar-refractivity contribution >= 4 is 17.2 Å². The van der Waals surface area contributed by atoms with E-state index in [-0.39, 0.29) is 11.6 Å². The fraction of sp³-hybridized carbons (Fsp3) is 0.409. The van der Waals surface area contributed by atoms with Gasteiger partial charge in [-0.3, -0.25) is 4.79 Å². The van der Waals surface area contributed by atoms with Crippen molar-refractivity contribution in [3.63, 3.8) is 0 Å². The van der Waals surface area contributed by atoms with Crippen LogP contribution in [0.1, 0.15) is 35.9 Å². The molecule has 156 valence electrons. The molecule has 5 rings (SSSR count). The molecule has 8 heteroatoms. The number of hydrogen-bond donors (Lipinski definition) is 1. The van der Waals surface area contributed by atoms with E-state index in [1.54, 1.807) is 4.57 Å². The maximum Gasteiger partial charge on any atom is 0.348 e. The second-order valence-electron chi connectivity index (χ2n) is 7.90. The first-order chi connectivity index (χ1) is 14.7. The first kappa shape index (κ1) is 19.3. The molecule has 0 aliphatic carbocycles. The largest absolute Gasteiger partial charge is 0.363 e. The number of fused-ring (bicyclic) bond motifs is 1. The van der Waals surface area contributed by atoms with Gasteiger partial charge in [0.1, 0.15) is 10.8 Å². The molecule has 0 spiro atoms.